The van der Waals surface area contributed by atoms with Gasteiger partial charge in [0.05, 0.1) is 7.11 Å². The van der Waals surface area contributed by atoms with Gasteiger partial charge in [0.2, 0.25) is 17.7 Å². The highest BCUT2D eigenvalue weighted by Crippen LogP contribution is 2.29. The van der Waals surface area contributed by atoms with Gasteiger partial charge in [-0.2, -0.15) is 0 Å². The Morgan fingerprint density at radius 1 is 1.16 bits per heavy atom. The van der Waals surface area contributed by atoms with Crippen molar-refractivity contribution >= 4 is 5.91 Å². The molecule has 1 unspecified atom stereocenters. The van der Waals surface area contributed by atoms with E-state index in [0.29, 0.717) is 29.8 Å². The van der Waals surface area contributed by atoms with E-state index in [2.05, 4.69) is 20.5 Å². The molecule has 0 saturated heterocycles. The highest BCUT2D eigenvalue weighted by Gasteiger charge is 2.24. The van der Waals surface area contributed by atoms with Gasteiger partial charge in [-0.1, -0.05) is 35.9 Å². The molecule has 2 heterocycles. The van der Waals surface area contributed by atoms with Crippen molar-refractivity contribution in [1.29, 1.82) is 0 Å². The molecule has 0 radical (unpaired) electrons. The number of imidazole rings is 1. The first-order valence-electron chi connectivity index (χ1n) is 10.3. The van der Waals surface area contributed by atoms with E-state index < -0.39 is 6.04 Å². The van der Waals surface area contributed by atoms with Crippen molar-refractivity contribution in [3.63, 3.8) is 0 Å². The van der Waals surface area contributed by atoms with Crippen LogP contribution >= 0.6 is 0 Å². The summed E-state index contributed by atoms with van der Waals surface area (Å²) in [5.41, 5.74) is 2.84. The third kappa shape index (κ3) is 4.69. The lowest BCUT2D eigenvalue weighted by molar-refractivity contribution is -0.121. The smallest absolute Gasteiger partial charge is 0.247 e. The van der Waals surface area contributed by atoms with Gasteiger partial charge in [0.25, 0.3) is 0 Å². The molecular formula is C24H25N5O3. The fourth-order valence-corrected chi connectivity index (χ4v) is 3.46. The maximum atomic E-state index is 12.8. The van der Waals surface area contributed by atoms with Gasteiger partial charge in [0.15, 0.2) is 0 Å². The number of hydrogen-bond donors (Lipinski definition) is 1. The number of benzene rings is 2. The minimum Gasteiger partial charge on any atom is -0.496 e. The largest absolute Gasteiger partial charge is 0.496 e. The topological polar surface area (TPSA) is 95.1 Å². The van der Waals surface area contributed by atoms with Crippen LogP contribution < -0.4 is 10.1 Å². The zero-order chi connectivity index (χ0) is 22.5. The van der Waals surface area contributed by atoms with Crippen LogP contribution in [0, 0.1) is 6.92 Å². The normalized spacial score (nSPS) is 11.8. The van der Waals surface area contributed by atoms with Crippen molar-refractivity contribution in [3.8, 4) is 17.2 Å². The average Bonchev–Trinajstić information content (AvgIpc) is 3.46. The number of hydrogen-bond acceptors (Lipinski definition) is 6. The number of carbonyl (C=O) groups excluding carboxylic acids is 1. The van der Waals surface area contributed by atoms with Crippen molar-refractivity contribution in [2.75, 3.05) is 7.11 Å². The average molecular weight is 431 g/mol. The Bertz CT molecular complexity index is 1200. The van der Waals surface area contributed by atoms with Crippen LogP contribution in [-0.2, 0) is 18.3 Å². The Hall–Kier alpha value is -3.94. The molecule has 1 amide bonds. The molecule has 0 bridgehead atoms. The first-order chi connectivity index (χ1) is 15.5. The van der Waals surface area contributed by atoms with E-state index >= 15 is 0 Å². The van der Waals surface area contributed by atoms with Crippen molar-refractivity contribution in [2.45, 2.75) is 25.8 Å². The van der Waals surface area contributed by atoms with Gasteiger partial charge in [-0.25, -0.2) is 4.98 Å². The van der Waals surface area contributed by atoms with Gasteiger partial charge in [-0.05, 0) is 25.1 Å². The van der Waals surface area contributed by atoms with Crippen LogP contribution in [0.15, 0.2) is 65.3 Å². The van der Waals surface area contributed by atoms with Crippen LogP contribution in [-0.4, -0.2) is 32.8 Å². The molecule has 4 rings (SSSR count). The van der Waals surface area contributed by atoms with Crippen LogP contribution in [0.2, 0.25) is 0 Å². The number of nitrogens with zero attached hydrogens (tertiary/aromatic N) is 4. The van der Waals surface area contributed by atoms with Gasteiger partial charge < -0.3 is 19.0 Å². The van der Waals surface area contributed by atoms with E-state index in [0.717, 1.165) is 16.7 Å². The van der Waals surface area contributed by atoms with E-state index in [4.69, 9.17) is 9.15 Å². The summed E-state index contributed by atoms with van der Waals surface area (Å²) in [6, 6.07) is 15.0. The third-order valence-electron chi connectivity index (χ3n) is 5.20. The van der Waals surface area contributed by atoms with Gasteiger partial charge in [0, 0.05) is 43.4 Å². The van der Waals surface area contributed by atoms with E-state index in [1.165, 1.54) is 0 Å². The summed E-state index contributed by atoms with van der Waals surface area (Å²) in [7, 11) is 3.50. The van der Waals surface area contributed by atoms with Gasteiger partial charge in [-0.3, -0.25) is 4.79 Å². The van der Waals surface area contributed by atoms with E-state index in [9.17, 15) is 4.79 Å². The molecule has 164 valence electrons. The van der Waals surface area contributed by atoms with Crippen molar-refractivity contribution in [1.82, 2.24) is 25.1 Å². The number of methoxy groups -OCH3 is 1. The Kier molecular flexibility index (Phi) is 6.30. The monoisotopic (exact) mass is 431 g/mol. The number of nitrogens with one attached hydrogen (secondary N) is 1. The molecule has 2 aromatic carbocycles. The highest BCUT2D eigenvalue weighted by molar-refractivity contribution is 5.77. The molecule has 0 aliphatic heterocycles. The molecule has 0 aliphatic carbocycles. The molecule has 1 N–H and O–H groups in total. The SMILES string of the molecule is COc1ccccc1C(NC(=O)CCc1nnc(-c2ccc(C)cc2)o1)c1nccn1C. The van der Waals surface area contributed by atoms with Crippen LogP contribution in [0.1, 0.15) is 35.3 Å². The standard InChI is InChI=1S/C24H25N5O3/c1-16-8-10-17(11-9-16)24-28-27-21(32-24)13-12-20(30)26-22(23-25-14-15-29(23)2)18-6-4-5-7-19(18)31-3/h4-11,14-15,22H,12-13H2,1-3H3,(H,26,30). The lowest BCUT2D eigenvalue weighted by atomic mass is 10.0. The summed E-state index contributed by atoms with van der Waals surface area (Å²) in [5, 5.41) is 11.3. The second kappa shape index (κ2) is 9.47. The molecule has 0 saturated carbocycles. The third-order valence-corrected chi connectivity index (χ3v) is 5.20. The Morgan fingerprint density at radius 2 is 1.94 bits per heavy atom. The zero-order valence-corrected chi connectivity index (χ0v) is 18.3. The molecule has 32 heavy (non-hydrogen) atoms. The first-order valence-corrected chi connectivity index (χ1v) is 10.3. The summed E-state index contributed by atoms with van der Waals surface area (Å²) in [5.74, 6) is 2.10. The number of amides is 1. The number of para-hydroxylation sites is 1. The summed E-state index contributed by atoms with van der Waals surface area (Å²) >= 11 is 0. The van der Waals surface area contributed by atoms with Gasteiger partial charge >= 0.3 is 0 Å². The van der Waals surface area contributed by atoms with E-state index in [1.807, 2.05) is 73.3 Å². The summed E-state index contributed by atoms with van der Waals surface area (Å²) in [6.07, 6.45) is 4.08. The predicted octanol–water partition coefficient (Wildman–Crippen LogP) is 3.63. The Balaban J connectivity index is 1.46. The fraction of sp³-hybridized carbons (Fsp3) is 0.250. The Morgan fingerprint density at radius 3 is 2.66 bits per heavy atom. The van der Waals surface area contributed by atoms with E-state index in [1.54, 1.807) is 13.3 Å². The van der Waals surface area contributed by atoms with Crippen molar-refractivity contribution in [2.24, 2.45) is 7.05 Å². The molecule has 4 aromatic rings. The molecule has 0 spiro atoms. The quantitative estimate of drug-likeness (QED) is 0.458. The summed E-state index contributed by atoms with van der Waals surface area (Å²) < 4.78 is 13.1. The van der Waals surface area contributed by atoms with E-state index in [-0.39, 0.29) is 12.3 Å². The lowest BCUT2D eigenvalue weighted by Crippen LogP contribution is -2.31. The van der Waals surface area contributed by atoms with Crippen LogP contribution in [0.5, 0.6) is 5.75 Å². The predicted molar refractivity (Wildman–Crippen MR) is 119 cm³/mol. The van der Waals surface area contributed by atoms with Crippen LogP contribution in [0.4, 0.5) is 0 Å². The molecule has 8 nitrogen and oxygen atoms in total. The second-order valence-corrected chi connectivity index (χ2v) is 7.51. The molecule has 8 heteroatoms. The van der Waals surface area contributed by atoms with Gasteiger partial charge in [-0.15, -0.1) is 10.2 Å². The second-order valence-electron chi connectivity index (χ2n) is 7.51. The minimum absolute atomic E-state index is 0.154. The van der Waals surface area contributed by atoms with Gasteiger partial charge in [0.1, 0.15) is 17.6 Å². The number of rotatable bonds is 8. The number of ether oxygens (including phenoxy) is 1. The molecular weight excluding hydrogens is 406 g/mol. The highest BCUT2D eigenvalue weighted by atomic mass is 16.5. The molecule has 2 aromatic heterocycles. The molecule has 0 fully saturated rings. The summed E-state index contributed by atoms with van der Waals surface area (Å²) in [6.45, 7) is 2.02. The fourth-order valence-electron chi connectivity index (χ4n) is 3.46. The number of carbonyl (C=O) groups is 1. The molecule has 1 atom stereocenters. The minimum atomic E-state index is -0.454. The first kappa shape index (κ1) is 21.3. The molecule has 0 aliphatic rings. The maximum Gasteiger partial charge on any atom is 0.247 e. The lowest BCUT2D eigenvalue weighted by Gasteiger charge is -2.21. The van der Waals surface area contributed by atoms with Crippen molar-refractivity contribution in [3.05, 3.63) is 83.8 Å². The van der Waals surface area contributed by atoms with Crippen molar-refractivity contribution < 1.29 is 13.9 Å². The summed E-state index contributed by atoms with van der Waals surface area (Å²) in [4.78, 5) is 17.3. The number of aromatic nitrogens is 4. The van der Waals surface area contributed by atoms with Crippen LogP contribution in [0.3, 0.4) is 0 Å². The number of aryl methyl sites for hydroxylation is 3. The van der Waals surface area contributed by atoms with Crippen LogP contribution in [0.25, 0.3) is 11.5 Å². The zero-order valence-electron chi connectivity index (χ0n) is 18.3. The Labute approximate surface area is 186 Å². The maximum absolute atomic E-state index is 12.8.